The van der Waals surface area contributed by atoms with Crippen molar-refractivity contribution in [2.24, 2.45) is 0 Å². The molecule has 1 aliphatic heterocycles. The highest BCUT2D eigenvalue weighted by Crippen LogP contribution is 2.24. The number of nitrogens with zero attached hydrogens (tertiary/aromatic N) is 2. The van der Waals surface area contributed by atoms with Crippen LogP contribution in [0.4, 0.5) is 22.7 Å². The quantitative estimate of drug-likeness (QED) is 0.618. The predicted molar refractivity (Wildman–Crippen MR) is 119 cm³/mol. The van der Waals surface area contributed by atoms with Crippen molar-refractivity contribution in [3.05, 3.63) is 78.1 Å². The van der Waals surface area contributed by atoms with Crippen molar-refractivity contribution in [3.8, 4) is 0 Å². The van der Waals surface area contributed by atoms with Crippen LogP contribution in [0.1, 0.15) is 35.2 Å². The molecule has 1 fully saturated rings. The van der Waals surface area contributed by atoms with Gasteiger partial charge in [0.2, 0.25) is 0 Å². The third-order valence-corrected chi connectivity index (χ3v) is 5.15. The van der Waals surface area contributed by atoms with Gasteiger partial charge in [-0.05, 0) is 74.2 Å². The molecule has 1 aromatic heterocycles. The number of aromatic nitrogens is 1. The molecule has 2 heterocycles. The van der Waals surface area contributed by atoms with Crippen LogP contribution in [-0.4, -0.2) is 24.0 Å². The fraction of sp³-hybridized carbons (Fsp3) is 0.250. The van der Waals surface area contributed by atoms with E-state index in [0.29, 0.717) is 5.56 Å². The largest absolute Gasteiger partial charge is 0.372 e. The lowest BCUT2D eigenvalue weighted by atomic mass is 10.1. The molecule has 1 amide bonds. The number of piperidine rings is 1. The molecule has 29 heavy (non-hydrogen) atoms. The Kier molecular flexibility index (Phi) is 5.75. The lowest BCUT2D eigenvalue weighted by Crippen LogP contribution is -2.29. The summed E-state index contributed by atoms with van der Waals surface area (Å²) in [6.45, 7) is 4.27. The number of carbonyl (C=O) groups excluding carboxylic acids is 1. The third-order valence-electron chi connectivity index (χ3n) is 5.15. The first-order valence-electron chi connectivity index (χ1n) is 10.1. The van der Waals surface area contributed by atoms with Crippen LogP contribution in [0.3, 0.4) is 0 Å². The summed E-state index contributed by atoms with van der Waals surface area (Å²) in [7, 11) is 0. The zero-order chi connectivity index (χ0) is 20.1. The van der Waals surface area contributed by atoms with Gasteiger partial charge in [-0.25, -0.2) is 0 Å². The molecule has 2 N–H and O–H groups in total. The molecule has 5 nitrogen and oxygen atoms in total. The Balaban J connectivity index is 1.42. The zero-order valence-electron chi connectivity index (χ0n) is 16.7. The van der Waals surface area contributed by atoms with Crippen LogP contribution >= 0.6 is 0 Å². The molecule has 1 aliphatic rings. The van der Waals surface area contributed by atoms with Crippen LogP contribution in [0.2, 0.25) is 0 Å². The maximum Gasteiger partial charge on any atom is 0.257 e. The van der Waals surface area contributed by atoms with Gasteiger partial charge >= 0.3 is 0 Å². The maximum atomic E-state index is 12.6. The number of hydrogen-bond donors (Lipinski definition) is 2. The van der Waals surface area contributed by atoms with Crippen LogP contribution in [0.5, 0.6) is 0 Å². The van der Waals surface area contributed by atoms with Gasteiger partial charge in [0.1, 0.15) is 0 Å². The number of benzene rings is 2. The third kappa shape index (κ3) is 4.93. The molecular weight excluding hydrogens is 360 g/mol. The number of aryl methyl sites for hydroxylation is 1. The van der Waals surface area contributed by atoms with Gasteiger partial charge in [0, 0.05) is 36.3 Å². The van der Waals surface area contributed by atoms with E-state index in [2.05, 4.69) is 44.8 Å². The Bertz CT molecular complexity index is 978. The summed E-state index contributed by atoms with van der Waals surface area (Å²) in [5, 5.41) is 6.26. The SMILES string of the molecule is Cc1cccc(NC(=O)c2cncc(Nc3ccc(N4CCCCC4)cc3)c2)c1. The number of amides is 1. The molecule has 0 saturated carbocycles. The lowest BCUT2D eigenvalue weighted by Gasteiger charge is -2.28. The van der Waals surface area contributed by atoms with E-state index >= 15 is 0 Å². The van der Waals surface area contributed by atoms with Crippen molar-refractivity contribution in [2.75, 3.05) is 28.6 Å². The molecule has 5 heteroatoms. The summed E-state index contributed by atoms with van der Waals surface area (Å²) in [5.74, 6) is -0.174. The Morgan fingerprint density at radius 3 is 2.45 bits per heavy atom. The monoisotopic (exact) mass is 386 g/mol. The number of pyridine rings is 1. The smallest absolute Gasteiger partial charge is 0.257 e. The standard InChI is InChI=1S/C24H26N4O/c1-18-6-5-7-21(14-18)27-24(29)19-15-22(17-25-16-19)26-20-8-10-23(11-9-20)28-12-3-2-4-13-28/h5-11,14-17,26H,2-4,12-13H2,1H3,(H,27,29). The van der Waals surface area contributed by atoms with Gasteiger partial charge in [-0.3, -0.25) is 9.78 Å². The molecule has 3 aromatic rings. The van der Waals surface area contributed by atoms with Crippen molar-refractivity contribution in [3.63, 3.8) is 0 Å². The van der Waals surface area contributed by atoms with Crippen molar-refractivity contribution in [1.82, 2.24) is 4.98 Å². The second-order valence-corrected chi connectivity index (χ2v) is 7.51. The van der Waals surface area contributed by atoms with Crippen molar-refractivity contribution < 1.29 is 4.79 Å². The molecular formula is C24H26N4O. The maximum absolute atomic E-state index is 12.6. The normalized spacial score (nSPS) is 13.8. The average molecular weight is 386 g/mol. The van der Waals surface area contributed by atoms with Crippen LogP contribution in [0, 0.1) is 6.92 Å². The second-order valence-electron chi connectivity index (χ2n) is 7.51. The zero-order valence-corrected chi connectivity index (χ0v) is 16.7. The minimum atomic E-state index is -0.174. The van der Waals surface area contributed by atoms with E-state index in [1.54, 1.807) is 12.4 Å². The second kappa shape index (κ2) is 8.78. The van der Waals surface area contributed by atoms with Gasteiger partial charge < -0.3 is 15.5 Å². The number of hydrogen-bond acceptors (Lipinski definition) is 4. The molecule has 0 aliphatic carbocycles. The van der Waals surface area contributed by atoms with Gasteiger partial charge in [0.05, 0.1) is 17.4 Å². The number of rotatable bonds is 5. The minimum absolute atomic E-state index is 0.174. The summed E-state index contributed by atoms with van der Waals surface area (Å²) in [4.78, 5) is 19.2. The first kappa shape index (κ1) is 19.0. The highest BCUT2D eigenvalue weighted by atomic mass is 16.1. The molecule has 0 atom stereocenters. The predicted octanol–water partition coefficient (Wildman–Crippen LogP) is 5.38. The van der Waals surface area contributed by atoms with Crippen LogP contribution in [-0.2, 0) is 0 Å². The summed E-state index contributed by atoms with van der Waals surface area (Å²) >= 11 is 0. The Morgan fingerprint density at radius 1 is 0.897 bits per heavy atom. The Morgan fingerprint density at radius 2 is 1.69 bits per heavy atom. The van der Waals surface area contributed by atoms with Gasteiger partial charge in [-0.2, -0.15) is 0 Å². The van der Waals surface area contributed by atoms with E-state index in [4.69, 9.17) is 0 Å². The van der Waals surface area contributed by atoms with E-state index in [9.17, 15) is 4.79 Å². The molecule has 148 valence electrons. The highest BCUT2D eigenvalue weighted by Gasteiger charge is 2.11. The Hall–Kier alpha value is -3.34. The lowest BCUT2D eigenvalue weighted by molar-refractivity contribution is 0.102. The van der Waals surface area contributed by atoms with E-state index < -0.39 is 0 Å². The minimum Gasteiger partial charge on any atom is -0.372 e. The molecule has 0 radical (unpaired) electrons. The molecule has 0 spiro atoms. The molecule has 4 rings (SSSR count). The summed E-state index contributed by atoms with van der Waals surface area (Å²) < 4.78 is 0. The van der Waals surface area contributed by atoms with Crippen molar-refractivity contribution in [1.29, 1.82) is 0 Å². The average Bonchev–Trinajstić information content (AvgIpc) is 2.75. The van der Waals surface area contributed by atoms with Crippen molar-refractivity contribution >= 4 is 28.7 Å². The summed E-state index contributed by atoms with van der Waals surface area (Å²) in [6, 6.07) is 18.0. The first-order valence-corrected chi connectivity index (χ1v) is 10.1. The van der Waals surface area contributed by atoms with Crippen LogP contribution in [0.15, 0.2) is 67.0 Å². The molecule has 0 unspecified atom stereocenters. The van der Waals surface area contributed by atoms with Gasteiger partial charge in [-0.1, -0.05) is 12.1 Å². The van der Waals surface area contributed by atoms with E-state index in [-0.39, 0.29) is 5.91 Å². The van der Waals surface area contributed by atoms with Gasteiger partial charge in [-0.15, -0.1) is 0 Å². The van der Waals surface area contributed by atoms with Crippen LogP contribution in [0.25, 0.3) is 0 Å². The number of nitrogens with one attached hydrogen (secondary N) is 2. The number of carbonyl (C=O) groups is 1. The van der Waals surface area contributed by atoms with E-state index in [1.807, 2.05) is 37.3 Å². The van der Waals surface area contributed by atoms with E-state index in [0.717, 1.165) is 35.7 Å². The van der Waals surface area contributed by atoms with Gasteiger partial charge in [0.15, 0.2) is 0 Å². The molecule has 1 saturated heterocycles. The van der Waals surface area contributed by atoms with Gasteiger partial charge in [0.25, 0.3) is 5.91 Å². The first-order chi connectivity index (χ1) is 14.2. The summed E-state index contributed by atoms with van der Waals surface area (Å²) in [6.07, 6.45) is 7.17. The fourth-order valence-electron chi connectivity index (χ4n) is 3.63. The Labute approximate surface area is 171 Å². The molecule has 0 bridgehead atoms. The van der Waals surface area contributed by atoms with Crippen molar-refractivity contribution in [2.45, 2.75) is 26.2 Å². The summed E-state index contributed by atoms with van der Waals surface area (Å²) in [5.41, 5.74) is 5.42. The fourth-order valence-corrected chi connectivity index (χ4v) is 3.63. The number of anilines is 4. The topological polar surface area (TPSA) is 57.3 Å². The van der Waals surface area contributed by atoms with Crippen LogP contribution < -0.4 is 15.5 Å². The van der Waals surface area contributed by atoms with E-state index in [1.165, 1.54) is 24.9 Å². The highest BCUT2D eigenvalue weighted by molar-refractivity contribution is 6.04. The molecule has 2 aromatic carbocycles.